The maximum absolute atomic E-state index is 12.4. The van der Waals surface area contributed by atoms with Crippen LogP contribution < -0.4 is 0 Å². The first-order chi connectivity index (χ1) is 6.60. The molecule has 0 aromatic carbocycles. The Labute approximate surface area is 79.0 Å². The number of rotatable bonds is 2. The second-order valence-corrected chi connectivity index (χ2v) is 2.64. The van der Waals surface area contributed by atoms with Crippen molar-refractivity contribution in [3.05, 3.63) is 28.6 Å². The smallest absolute Gasteiger partial charge is 0.265 e. The lowest BCUT2D eigenvalue weighted by atomic mass is 10.1. The first-order valence-electron chi connectivity index (χ1n) is 3.75. The molecule has 0 atom stereocenters. The topological polar surface area (TPSA) is 53.8 Å². The molecule has 72 valence electrons. The average molecular weight is 196 g/mol. The number of pyridine rings is 1. The first kappa shape index (κ1) is 10.3. The highest BCUT2D eigenvalue weighted by Crippen LogP contribution is 2.24. The van der Waals surface area contributed by atoms with Crippen molar-refractivity contribution in [1.29, 1.82) is 5.26 Å². The van der Waals surface area contributed by atoms with E-state index in [4.69, 9.17) is 5.26 Å². The molecule has 0 aliphatic rings. The first-order valence-corrected chi connectivity index (χ1v) is 3.75. The van der Waals surface area contributed by atoms with Crippen LogP contribution in [0.5, 0.6) is 0 Å². The summed E-state index contributed by atoms with van der Waals surface area (Å²) in [5.41, 5.74) is -0.730. The summed E-state index contributed by atoms with van der Waals surface area (Å²) < 4.78 is 24.8. The maximum Gasteiger partial charge on any atom is 0.265 e. The van der Waals surface area contributed by atoms with Crippen molar-refractivity contribution in [2.75, 3.05) is 0 Å². The highest BCUT2D eigenvalue weighted by molar-refractivity contribution is 5.77. The summed E-state index contributed by atoms with van der Waals surface area (Å²) in [5.74, 6) is 0. The molecule has 0 aliphatic heterocycles. The van der Waals surface area contributed by atoms with E-state index in [1.807, 2.05) is 0 Å². The van der Waals surface area contributed by atoms with Gasteiger partial charge in [0.25, 0.3) is 6.43 Å². The molecule has 0 N–H and O–H groups in total. The molecule has 0 aliphatic carbocycles. The second-order valence-electron chi connectivity index (χ2n) is 2.64. The van der Waals surface area contributed by atoms with Gasteiger partial charge in [-0.2, -0.15) is 5.26 Å². The SMILES string of the molecule is Cc1cc(C(F)F)c(C#N)c(C=O)n1. The number of carbonyl (C=O) groups is 1. The van der Waals surface area contributed by atoms with Gasteiger partial charge in [-0.1, -0.05) is 0 Å². The Bertz CT molecular complexity index is 410. The van der Waals surface area contributed by atoms with Crippen LogP contribution in [0.15, 0.2) is 6.07 Å². The molecule has 5 heteroatoms. The zero-order chi connectivity index (χ0) is 10.7. The normalized spacial score (nSPS) is 9.93. The van der Waals surface area contributed by atoms with Gasteiger partial charge in [0.2, 0.25) is 0 Å². The van der Waals surface area contributed by atoms with Gasteiger partial charge in [-0.25, -0.2) is 13.8 Å². The number of hydrogen-bond acceptors (Lipinski definition) is 3. The molecule has 0 spiro atoms. The second kappa shape index (κ2) is 3.92. The van der Waals surface area contributed by atoms with E-state index in [9.17, 15) is 13.6 Å². The molecule has 0 bridgehead atoms. The lowest BCUT2D eigenvalue weighted by molar-refractivity contribution is 0.111. The minimum absolute atomic E-state index is 0.234. The fourth-order valence-corrected chi connectivity index (χ4v) is 1.10. The van der Waals surface area contributed by atoms with E-state index in [1.54, 1.807) is 6.07 Å². The number of hydrogen-bond donors (Lipinski definition) is 0. The van der Waals surface area contributed by atoms with Crippen molar-refractivity contribution in [2.24, 2.45) is 0 Å². The van der Waals surface area contributed by atoms with Crippen molar-refractivity contribution < 1.29 is 13.6 Å². The fourth-order valence-electron chi connectivity index (χ4n) is 1.10. The summed E-state index contributed by atoms with van der Waals surface area (Å²) in [7, 11) is 0. The molecule has 0 radical (unpaired) electrons. The molecule has 1 heterocycles. The summed E-state index contributed by atoms with van der Waals surface area (Å²) in [4.78, 5) is 14.1. The third kappa shape index (κ3) is 1.74. The summed E-state index contributed by atoms with van der Waals surface area (Å²) in [5, 5.41) is 8.59. The number of nitrogens with zero attached hydrogens (tertiary/aromatic N) is 2. The molecule has 1 rings (SSSR count). The highest BCUT2D eigenvalue weighted by Gasteiger charge is 2.17. The van der Waals surface area contributed by atoms with Gasteiger partial charge in [0, 0.05) is 11.3 Å². The Morgan fingerprint density at radius 2 is 2.29 bits per heavy atom. The monoisotopic (exact) mass is 196 g/mol. The fraction of sp³-hybridized carbons (Fsp3) is 0.222. The van der Waals surface area contributed by atoms with E-state index < -0.39 is 12.0 Å². The molecule has 3 nitrogen and oxygen atoms in total. The summed E-state index contributed by atoms with van der Waals surface area (Å²) in [6.45, 7) is 1.49. The van der Waals surface area contributed by atoms with Crippen LogP contribution in [0.1, 0.15) is 33.7 Å². The van der Waals surface area contributed by atoms with Crippen molar-refractivity contribution in [2.45, 2.75) is 13.3 Å². The van der Waals surface area contributed by atoms with Gasteiger partial charge in [0.1, 0.15) is 11.8 Å². The van der Waals surface area contributed by atoms with Gasteiger partial charge in [-0.05, 0) is 13.0 Å². The molecule has 1 aromatic heterocycles. The molecule has 0 saturated carbocycles. The highest BCUT2D eigenvalue weighted by atomic mass is 19.3. The Morgan fingerprint density at radius 3 is 2.71 bits per heavy atom. The molecule has 0 fully saturated rings. The Kier molecular flexibility index (Phi) is 2.87. The Balaban J connectivity index is 3.49. The van der Waals surface area contributed by atoms with Crippen molar-refractivity contribution in [3.63, 3.8) is 0 Å². The van der Waals surface area contributed by atoms with E-state index in [0.717, 1.165) is 6.07 Å². The third-order valence-corrected chi connectivity index (χ3v) is 1.66. The average Bonchev–Trinajstić information content (AvgIpc) is 2.16. The number of nitriles is 1. The van der Waals surface area contributed by atoms with E-state index in [-0.39, 0.29) is 11.3 Å². The number of carbonyl (C=O) groups excluding carboxylic acids is 1. The molecular formula is C9H6F2N2O. The van der Waals surface area contributed by atoms with Crippen LogP contribution in [0, 0.1) is 18.3 Å². The van der Waals surface area contributed by atoms with Gasteiger partial charge in [0.15, 0.2) is 6.29 Å². The molecule has 0 unspecified atom stereocenters. The third-order valence-electron chi connectivity index (χ3n) is 1.66. The number of aryl methyl sites for hydroxylation is 1. The van der Waals surface area contributed by atoms with Gasteiger partial charge in [0.05, 0.1) is 5.56 Å². The van der Waals surface area contributed by atoms with Gasteiger partial charge >= 0.3 is 0 Å². The molecule has 0 saturated heterocycles. The Morgan fingerprint density at radius 1 is 1.64 bits per heavy atom. The molecular weight excluding hydrogens is 190 g/mol. The van der Waals surface area contributed by atoms with Crippen LogP contribution in [0.4, 0.5) is 8.78 Å². The number of aldehydes is 1. The van der Waals surface area contributed by atoms with Gasteiger partial charge in [-0.15, -0.1) is 0 Å². The van der Waals surface area contributed by atoms with E-state index in [1.165, 1.54) is 6.92 Å². The van der Waals surface area contributed by atoms with Crippen LogP contribution in [0.2, 0.25) is 0 Å². The summed E-state index contributed by atoms with van der Waals surface area (Å²) in [6.07, 6.45) is -2.47. The van der Waals surface area contributed by atoms with Gasteiger partial charge < -0.3 is 0 Å². The van der Waals surface area contributed by atoms with Crippen LogP contribution >= 0.6 is 0 Å². The van der Waals surface area contributed by atoms with Crippen molar-refractivity contribution in [3.8, 4) is 6.07 Å². The summed E-state index contributed by atoms with van der Waals surface area (Å²) in [6, 6.07) is 2.66. The van der Waals surface area contributed by atoms with Crippen LogP contribution in [-0.4, -0.2) is 11.3 Å². The minimum Gasteiger partial charge on any atom is -0.296 e. The van der Waals surface area contributed by atoms with E-state index in [0.29, 0.717) is 12.0 Å². The van der Waals surface area contributed by atoms with Crippen molar-refractivity contribution in [1.82, 2.24) is 4.98 Å². The molecule has 14 heavy (non-hydrogen) atoms. The standard InChI is InChI=1S/C9H6F2N2O/c1-5-2-6(9(10)11)7(3-12)8(4-14)13-5/h2,4,9H,1H3. The van der Waals surface area contributed by atoms with Crippen LogP contribution in [0.3, 0.4) is 0 Å². The quantitative estimate of drug-likeness (QED) is 0.680. The lowest BCUT2D eigenvalue weighted by Crippen LogP contribution is -2.01. The predicted octanol–water partition coefficient (Wildman–Crippen LogP) is 2.01. The van der Waals surface area contributed by atoms with E-state index >= 15 is 0 Å². The van der Waals surface area contributed by atoms with E-state index in [2.05, 4.69) is 4.98 Å². The number of alkyl halides is 2. The maximum atomic E-state index is 12.4. The van der Waals surface area contributed by atoms with Crippen molar-refractivity contribution >= 4 is 6.29 Å². The lowest BCUT2D eigenvalue weighted by Gasteiger charge is -2.05. The minimum atomic E-state index is -2.77. The summed E-state index contributed by atoms with van der Waals surface area (Å²) >= 11 is 0. The van der Waals surface area contributed by atoms with Crippen LogP contribution in [-0.2, 0) is 0 Å². The zero-order valence-electron chi connectivity index (χ0n) is 7.29. The molecule has 0 amide bonds. The largest absolute Gasteiger partial charge is 0.296 e. The Hall–Kier alpha value is -1.83. The number of halogens is 2. The molecule has 1 aromatic rings. The predicted molar refractivity (Wildman–Crippen MR) is 44.0 cm³/mol. The number of aromatic nitrogens is 1. The van der Waals surface area contributed by atoms with Gasteiger partial charge in [-0.3, -0.25) is 4.79 Å². The van der Waals surface area contributed by atoms with Crippen LogP contribution in [0.25, 0.3) is 0 Å². The zero-order valence-corrected chi connectivity index (χ0v) is 7.29.